The van der Waals surface area contributed by atoms with Crippen LogP contribution in [0.4, 0.5) is 22.0 Å². The number of hydrogen-bond donors (Lipinski definition) is 2. The van der Waals surface area contributed by atoms with Gasteiger partial charge in [-0.05, 0) is 55.7 Å². The second-order valence-electron chi connectivity index (χ2n) is 9.19. The Morgan fingerprint density at radius 3 is 2.51 bits per heavy atom. The van der Waals surface area contributed by atoms with Crippen LogP contribution in [0.3, 0.4) is 0 Å². The molecule has 0 bridgehead atoms. The molecule has 12 heteroatoms. The van der Waals surface area contributed by atoms with Gasteiger partial charge in [-0.2, -0.15) is 13.2 Å². The number of aromatic nitrogens is 4. The molecule has 1 aliphatic rings. The van der Waals surface area contributed by atoms with Gasteiger partial charge in [-0.1, -0.05) is 6.07 Å². The van der Waals surface area contributed by atoms with Crippen LogP contribution in [0.25, 0.3) is 16.9 Å². The number of aliphatic carboxylic acids is 1. The minimum atomic E-state index is -5.08. The molecule has 7 nitrogen and oxygen atoms in total. The lowest BCUT2D eigenvalue weighted by atomic mass is 10.0. The molecule has 206 valence electrons. The van der Waals surface area contributed by atoms with Gasteiger partial charge in [0.05, 0.1) is 5.69 Å². The molecule has 1 unspecified atom stereocenters. The number of alkyl halides is 3. The van der Waals surface area contributed by atoms with Crippen molar-refractivity contribution in [3.8, 4) is 16.9 Å². The standard InChI is InChI=1S/C25H25F2N5.C2HF3O2/c1-16-11-21(32-10-9-28-17(32)2)6-3-18(16)13-29-20-5-8-25-30-24(15-31(25)14-20)22-7-4-19(26)12-23(22)27;3-2(4,5)1(6)7/h3-4,6-7,9-12,15,20,29H,5,8,13-14H2,1-2H3;(H,6,7). The number of carbonyl (C=O) groups is 1. The number of aryl methyl sites for hydroxylation is 3. The van der Waals surface area contributed by atoms with E-state index in [0.29, 0.717) is 17.3 Å². The second kappa shape index (κ2) is 11.4. The molecule has 3 heterocycles. The van der Waals surface area contributed by atoms with Gasteiger partial charge in [0.2, 0.25) is 0 Å². The Hall–Kier alpha value is -4.06. The Morgan fingerprint density at radius 1 is 1.15 bits per heavy atom. The van der Waals surface area contributed by atoms with Crippen molar-refractivity contribution < 1.29 is 31.9 Å². The van der Waals surface area contributed by atoms with Crippen molar-refractivity contribution in [2.45, 2.75) is 52.0 Å². The first kappa shape index (κ1) is 28.0. The van der Waals surface area contributed by atoms with Crippen LogP contribution >= 0.6 is 0 Å². The first-order valence-corrected chi connectivity index (χ1v) is 12.1. The number of nitrogens with one attached hydrogen (secondary N) is 1. The molecule has 1 atom stereocenters. The van der Waals surface area contributed by atoms with Crippen molar-refractivity contribution >= 4 is 5.97 Å². The lowest BCUT2D eigenvalue weighted by molar-refractivity contribution is -0.192. The van der Waals surface area contributed by atoms with Crippen molar-refractivity contribution in [2.75, 3.05) is 0 Å². The molecule has 2 N–H and O–H groups in total. The predicted octanol–water partition coefficient (Wildman–Crippen LogP) is 5.37. The topological polar surface area (TPSA) is 85.0 Å². The normalized spacial score (nSPS) is 14.9. The molecule has 1 aliphatic heterocycles. The van der Waals surface area contributed by atoms with Gasteiger partial charge in [-0.15, -0.1) is 0 Å². The highest BCUT2D eigenvalue weighted by Gasteiger charge is 2.38. The highest BCUT2D eigenvalue weighted by Crippen LogP contribution is 2.26. The average Bonchev–Trinajstić information content (AvgIpc) is 3.48. The van der Waals surface area contributed by atoms with E-state index in [0.717, 1.165) is 49.3 Å². The number of carboxylic acids is 1. The molecular formula is C27H26F5N5O2. The molecule has 39 heavy (non-hydrogen) atoms. The summed E-state index contributed by atoms with van der Waals surface area (Å²) in [6.45, 7) is 5.68. The van der Waals surface area contributed by atoms with E-state index in [1.54, 1.807) is 0 Å². The monoisotopic (exact) mass is 547 g/mol. The van der Waals surface area contributed by atoms with Crippen LogP contribution in [0.1, 0.15) is 29.2 Å². The summed E-state index contributed by atoms with van der Waals surface area (Å²) in [4.78, 5) is 17.8. The van der Waals surface area contributed by atoms with E-state index in [9.17, 15) is 22.0 Å². The Kier molecular flexibility index (Phi) is 8.14. The highest BCUT2D eigenvalue weighted by molar-refractivity contribution is 5.73. The van der Waals surface area contributed by atoms with Crippen LogP contribution in [0, 0.1) is 25.5 Å². The minimum absolute atomic E-state index is 0.303. The van der Waals surface area contributed by atoms with Gasteiger partial charge in [0, 0.05) is 61.5 Å². The fraction of sp³-hybridized carbons (Fsp3) is 0.296. The summed E-state index contributed by atoms with van der Waals surface area (Å²) in [6, 6.07) is 10.4. The molecule has 4 aromatic rings. The maximum Gasteiger partial charge on any atom is 0.490 e. The average molecular weight is 548 g/mol. The second-order valence-corrected chi connectivity index (χ2v) is 9.19. The maximum atomic E-state index is 14.2. The molecule has 2 aromatic carbocycles. The molecule has 0 fully saturated rings. The molecule has 0 amide bonds. The zero-order valence-corrected chi connectivity index (χ0v) is 21.1. The van der Waals surface area contributed by atoms with Gasteiger partial charge in [-0.25, -0.2) is 23.5 Å². The summed E-state index contributed by atoms with van der Waals surface area (Å²) in [6.07, 6.45) is 2.35. The summed E-state index contributed by atoms with van der Waals surface area (Å²) in [5.74, 6) is -2.01. The SMILES string of the molecule is Cc1cc(-n2ccnc2C)ccc1CNC1CCc2nc(-c3ccc(F)cc3F)cn2C1.O=C(O)C(F)(F)F. The molecule has 0 saturated carbocycles. The number of rotatable bonds is 5. The Balaban J connectivity index is 0.000000448. The summed E-state index contributed by atoms with van der Waals surface area (Å²) in [7, 11) is 0. The first-order valence-electron chi connectivity index (χ1n) is 12.1. The first-order chi connectivity index (χ1) is 18.4. The van der Waals surface area contributed by atoms with Gasteiger partial charge >= 0.3 is 12.1 Å². The van der Waals surface area contributed by atoms with Gasteiger partial charge in [0.25, 0.3) is 0 Å². The molecule has 5 rings (SSSR count). The summed E-state index contributed by atoms with van der Waals surface area (Å²) < 4.78 is 63.3. The van der Waals surface area contributed by atoms with E-state index in [1.807, 2.05) is 25.5 Å². The van der Waals surface area contributed by atoms with E-state index in [2.05, 4.69) is 49.5 Å². The highest BCUT2D eigenvalue weighted by atomic mass is 19.4. The zero-order chi connectivity index (χ0) is 28.3. The number of benzene rings is 2. The number of halogens is 5. The number of imidazole rings is 2. The number of nitrogens with zero attached hydrogens (tertiary/aromatic N) is 4. The van der Waals surface area contributed by atoms with Crippen molar-refractivity contribution in [3.63, 3.8) is 0 Å². The van der Waals surface area contributed by atoms with Crippen molar-refractivity contribution in [3.05, 3.63) is 89.4 Å². The van der Waals surface area contributed by atoms with Crippen LogP contribution in [-0.4, -0.2) is 42.4 Å². The molecule has 0 saturated heterocycles. The molecule has 2 aromatic heterocycles. The Bertz CT molecular complexity index is 1480. The summed E-state index contributed by atoms with van der Waals surface area (Å²) >= 11 is 0. The molecule has 0 spiro atoms. The van der Waals surface area contributed by atoms with Crippen molar-refractivity contribution in [2.24, 2.45) is 0 Å². The molecule has 0 aliphatic carbocycles. The smallest absolute Gasteiger partial charge is 0.475 e. The van der Waals surface area contributed by atoms with E-state index < -0.39 is 23.8 Å². The number of hydrogen-bond acceptors (Lipinski definition) is 4. The zero-order valence-electron chi connectivity index (χ0n) is 21.1. The van der Waals surface area contributed by atoms with E-state index in [4.69, 9.17) is 9.90 Å². The van der Waals surface area contributed by atoms with Crippen LogP contribution in [-0.2, 0) is 24.3 Å². The van der Waals surface area contributed by atoms with E-state index in [1.165, 1.54) is 23.3 Å². The maximum absolute atomic E-state index is 14.2. The molecular weight excluding hydrogens is 521 g/mol. The Morgan fingerprint density at radius 2 is 1.90 bits per heavy atom. The van der Waals surface area contributed by atoms with E-state index in [-0.39, 0.29) is 0 Å². The van der Waals surface area contributed by atoms with Gasteiger partial charge in [-0.3, -0.25) is 0 Å². The van der Waals surface area contributed by atoms with Crippen LogP contribution in [0.15, 0.2) is 55.0 Å². The fourth-order valence-corrected chi connectivity index (χ4v) is 4.37. The van der Waals surface area contributed by atoms with Crippen molar-refractivity contribution in [1.29, 1.82) is 0 Å². The van der Waals surface area contributed by atoms with Gasteiger partial charge < -0.3 is 19.6 Å². The predicted molar refractivity (Wildman–Crippen MR) is 133 cm³/mol. The third-order valence-corrected chi connectivity index (χ3v) is 6.45. The Labute approximate surface area is 220 Å². The van der Waals surface area contributed by atoms with Crippen molar-refractivity contribution in [1.82, 2.24) is 24.4 Å². The quantitative estimate of drug-likeness (QED) is 0.329. The van der Waals surface area contributed by atoms with Crippen LogP contribution in [0.2, 0.25) is 0 Å². The number of fused-ring (bicyclic) bond motifs is 1. The van der Waals surface area contributed by atoms with Crippen LogP contribution in [0.5, 0.6) is 0 Å². The minimum Gasteiger partial charge on any atom is -0.475 e. The van der Waals surface area contributed by atoms with Crippen LogP contribution < -0.4 is 5.32 Å². The van der Waals surface area contributed by atoms with E-state index >= 15 is 0 Å². The van der Waals surface area contributed by atoms with Gasteiger partial charge in [0.15, 0.2) is 0 Å². The lowest BCUT2D eigenvalue weighted by Gasteiger charge is -2.25. The third-order valence-electron chi connectivity index (χ3n) is 6.45. The third kappa shape index (κ3) is 6.69. The summed E-state index contributed by atoms with van der Waals surface area (Å²) in [5, 5.41) is 10.8. The lowest BCUT2D eigenvalue weighted by Crippen LogP contribution is -2.36. The fourth-order valence-electron chi connectivity index (χ4n) is 4.37. The molecule has 0 radical (unpaired) electrons. The number of carboxylic acid groups (broad SMARTS) is 1. The largest absolute Gasteiger partial charge is 0.490 e. The summed E-state index contributed by atoms with van der Waals surface area (Å²) in [5.41, 5.74) is 4.50. The van der Waals surface area contributed by atoms with Gasteiger partial charge in [0.1, 0.15) is 23.3 Å².